The maximum Gasteiger partial charge on any atom is 0.252 e. The van der Waals surface area contributed by atoms with Gasteiger partial charge in [-0.15, -0.1) is 0 Å². The first kappa shape index (κ1) is 18.7. The van der Waals surface area contributed by atoms with Crippen LogP contribution in [0.5, 0.6) is 0 Å². The van der Waals surface area contributed by atoms with Gasteiger partial charge in [-0.2, -0.15) is 5.10 Å². The summed E-state index contributed by atoms with van der Waals surface area (Å²) in [6, 6.07) is 4.00. The minimum atomic E-state index is -0.0540. The highest BCUT2D eigenvalue weighted by Crippen LogP contribution is 2.30. The molecule has 1 N–H and O–H groups in total. The zero-order valence-corrected chi connectivity index (χ0v) is 17.1. The minimum Gasteiger partial charge on any atom is -0.466 e. The van der Waals surface area contributed by atoms with Gasteiger partial charge in [0, 0.05) is 18.2 Å². The number of carbonyl (C=O) groups is 1. The maximum atomic E-state index is 13.1. The van der Waals surface area contributed by atoms with Crippen molar-refractivity contribution in [3.05, 3.63) is 35.4 Å². The number of aromatic nitrogens is 3. The molecule has 6 heteroatoms. The van der Waals surface area contributed by atoms with Crippen LogP contribution in [-0.2, 0) is 0 Å². The van der Waals surface area contributed by atoms with Crippen LogP contribution in [0.15, 0.2) is 22.7 Å². The molecule has 0 atom stereocenters. The number of furan rings is 1. The van der Waals surface area contributed by atoms with Crippen molar-refractivity contribution < 1.29 is 9.21 Å². The molecule has 28 heavy (non-hydrogen) atoms. The fourth-order valence-electron chi connectivity index (χ4n) is 4.15. The predicted octanol–water partition coefficient (Wildman–Crippen LogP) is 4.81. The van der Waals surface area contributed by atoms with Crippen molar-refractivity contribution in [3.63, 3.8) is 0 Å². The molecule has 4 rings (SSSR count). The van der Waals surface area contributed by atoms with Gasteiger partial charge in [-0.3, -0.25) is 4.79 Å². The average Bonchev–Trinajstić information content (AvgIpc) is 3.38. The Balaban J connectivity index is 1.77. The maximum absolute atomic E-state index is 13.1. The Labute approximate surface area is 165 Å². The summed E-state index contributed by atoms with van der Waals surface area (Å²) in [4.78, 5) is 17.9. The lowest BCUT2D eigenvalue weighted by Crippen LogP contribution is -2.28. The summed E-state index contributed by atoms with van der Waals surface area (Å²) in [7, 11) is 0. The van der Waals surface area contributed by atoms with Gasteiger partial charge in [0.15, 0.2) is 5.65 Å². The SMILES string of the molecule is Cc1cc(-c2cc(C(=O)NCC3CCCC3)c3cnn(C(C)C)c3n2)c(C)o1. The number of amides is 1. The van der Waals surface area contributed by atoms with E-state index in [0.29, 0.717) is 11.5 Å². The van der Waals surface area contributed by atoms with Gasteiger partial charge in [-0.1, -0.05) is 12.8 Å². The van der Waals surface area contributed by atoms with E-state index in [0.717, 1.165) is 40.4 Å². The second-order valence-electron chi connectivity index (χ2n) is 8.16. The van der Waals surface area contributed by atoms with Crippen LogP contribution < -0.4 is 5.32 Å². The Bertz CT molecular complexity index is 1010. The van der Waals surface area contributed by atoms with E-state index in [1.54, 1.807) is 6.20 Å². The number of hydrogen-bond donors (Lipinski definition) is 1. The lowest BCUT2D eigenvalue weighted by atomic mass is 10.1. The van der Waals surface area contributed by atoms with Crippen LogP contribution >= 0.6 is 0 Å². The Hall–Kier alpha value is -2.63. The van der Waals surface area contributed by atoms with E-state index in [1.165, 1.54) is 25.7 Å². The molecular formula is C22H28N4O2. The van der Waals surface area contributed by atoms with Gasteiger partial charge in [0.05, 0.1) is 22.8 Å². The summed E-state index contributed by atoms with van der Waals surface area (Å²) >= 11 is 0. The molecule has 0 spiro atoms. The Morgan fingerprint density at radius 3 is 2.68 bits per heavy atom. The number of rotatable bonds is 5. The standard InChI is InChI=1S/C22H28N4O2/c1-13(2)26-21-19(12-24-26)18(22(27)23-11-16-7-5-6-8-16)10-20(25-21)17-9-14(3)28-15(17)4/h9-10,12-13,16H,5-8,11H2,1-4H3,(H,23,27). The molecule has 6 nitrogen and oxygen atoms in total. The zero-order valence-electron chi connectivity index (χ0n) is 17.1. The minimum absolute atomic E-state index is 0.0540. The number of carbonyl (C=O) groups excluding carboxylic acids is 1. The molecule has 0 unspecified atom stereocenters. The summed E-state index contributed by atoms with van der Waals surface area (Å²) in [6.45, 7) is 8.71. The third kappa shape index (κ3) is 3.43. The van der Waals surface area contributed by atoms with Crippen molar-refractivity contribution in [3.8, 4) is 11.3 Å². The van der Waals surface area contributed by atoms with Crippen molar-refractivity contribution in [1.82, 2.24) is 20.1 Å². The van der Waals surface area contributed by atoms with E-state index >= 15 is 0 Å². The highest BCUT2D eigenvalue weighted by molar-refractivity contribution is 6.06. The summed E-state index contributed by atoms with van der Waals surface area (Å²) < 4.78 is 7.56. The second-order valence-corrected chi connectivity index (χ2v) is 8.16. The largest absolute Gasteiger partial charge is 0.466 e. The number of nitrogens with one attached hydrogen (secondary N) is 1. The monoisotopic (exact) mass is 380 g/mol. The quantitative estimate of drug-likeness (QED) is 0.689. The molecule has 0 aromatic carbocycles. The number of pyridine rings is 1. The van der Waals surface area contributed by atoms with Gasteiger partial charge in [-0.05, 0) is 58.6 Å². The Morgan fingerprint density at radius 1 is 1.29 bits per heavy atom. The first-order valence-corrected chi connectivity index (χ1v) is 10.2. The van der Waals surface area contributed by atoms with Gasteiger partial charge < -0.3 is 9.73 Å². The molecule has 0 saturated heterocycles. The topological polar surface area (TPSA) is 73.0 Å². The first-order valence-electron chi connectivity index (χ1n) is 10.2. The molecule has 1 aliphatic carbocycles. The molecule has 148 valence electrons. The number of aryl methyl sites for hydroxylation is 2. The van der Waals surface area contributed by atoms with Crippen LogP contribution in [0.25, 0.3) is 22.3 Å². The summed E-state index contributed by atoms with van der Waals surface area (Å²) in [6.07, 6.45) is 6.70. The lowest BCUT2D eigenvalue weighted by molar-refractivity contribution is 0.0949. The Morgan fingerprint density at radius 2 is 2.04 bits per heavy atom. The molecule has 1 amide bonds. The average molecular weight is 380 g/mol. The van der Waals surface area contributed by atoms with E-state index in [2.05, 4.69) is 24.3 Å². The molecule has 1 fully saturated rings. The molecule has 0 bridgehead atoms. The first-order chi connectivity index (χ1) is 13.4. The van der Waals surface area contributed by atoms with Crippen molar-refractivity contribution >= 4 is 16.9 Å². The van der Waals surface area contributed by atoms with Crippen LogP contribution in [0.2, 0.25) is 0 Å². The van der Waals surface area contributed by atoms with E-state index in [9.17, 15) is 4.79 Å². The number of fused-ring (bicyclic) bond motifs is 1. The normalized spacial score (nSPS) is 15.0. The van der Waals surface area contributed by atoms with Crippen LogP contribution in [-0.4, -0.2) is 27.2 Å². The van der Waals surface area contributed by atoms with Crippen molar-refractivity contribution in [2.75, 3.05) is 6.54 Å². The fraction of sp³-hybridized carbons (Fsp3) is 0.500. The van der Waals surface area contributed by atoms with Crippen molar-refractivity contribution in [1.29, 1.82) is 0 Å². The van der Waals surface area contributed by atoms with Crippen LogP contribution in [0.3, 0.4) is 0 Å². The summed E-state index contributed by atoms with van der Waals surface area (Å²) in [5, 5.41) is 8.42. The predicted molar refractivity (Wildman–Crippen MR) is 109 cm³/mol. The Kier molecular flexibility index (Phi) is 4.96. The van der Waals surface area contributed by atoms with E-state index in [-0.39, 0.29) is 11.9 Å². The summed E-state index contributed by atoms with van der Waals surface area (Å²) in [5.41, 5.74) is 3.02. The summed E-state index contributed by atoms with van der Waals surface area (Å²) in [5.74, 6) is 2.18. The molecular weight excluding hydrogens is 352 g/mol. The van der Waals surface area contributed by atoms with Gasteiger partial charge in [0.1, 0.15) is 11.5 Å². The molecule has 1 aliphatic rings. The number of nitrogens with zero attached hydrogens (tertiary/aromatic N) is 3. The molecule has 3 heterocycles. The second kappa shape index (κ2) is 7.41. The lowest BCUT2D eigenvalue weighted by Gasteiger charge is -2.13. The highest BCUT2D eigenvalue weighted by Gasteiger charge is 2.21. The van der Waals surface area contributed by atoms with Gasteiger partial charge in [0.2, 0.25) is 0 Å². The number of hydrogen-bond acceptors (Lipinski definition) is 4. The van der Waals surface area contributed by atoms with Crippen LogP contribution in [0, 0.1) is 19.8 Å². The zero-order chi connectivity index (χ0) is 19.8. The fourth-order valence-corrected chi connectivity index (χ4v) is 4.15. The van der Waals surface area contributed by atoms with Crippen molar-refractivity contribution in [2.24, 2.45) is 5.92 Å². The molecule has 3 aromatic rings. The third-order valence-electron chi connectivity index (χ3n) is 5.64. The molecule has 0 aliphatic heterocycles. The van der Waals surface area contributed by atoms with E-state index in [1.807, 2.05) is 30.7 Å². The smallest absolute Gasteiger partial charge is 0.252 e. The van der Waals surface area contributed by atoms with Crippen molar-refractivity contribution in [2.45, 2.75) is 59.4 Å². The molecule has 1 saturated carbocycles. The van der Waals surface area contributed by atoms with Gasteiger partial charge in [-0.25, -0.2) is 9.67 Å². The van der Waals surface area contributed by atoms with E-state index in [4.69, 9.17) is 9.40 Å². The molecule has 3 aromatic heterocycles. The van der Waals surface area contributed by atoms with E-state index < -0.39 is 0 Å². The van der Waals surface area contributed by atoms with Gasteiger partial charge >= 0.3 is 0 Å². The molecule has 0 radical (unpaired) electrons. The van der Waals surface area contributed by atoms with Crippen LogP contribution in [0.4, 0.5) is 0 Å². The third-order valence-corrected chi connectivity index (χ3v) is 5.64. The highest BCUT2D eigenvalue weighted by atomic mass is 16.3. The van der Waals surface area contributed by atoms with Gasteiger partial charge in [0.25, 0.3) is 5.91 Å². The van der Waals surface area contributed by atoms with Crippen LogP contribution in [0.1, 0.15) is 67.5 Å².